The van der Waals surface area contributed by atoms with Crippen molar-refractivity contribution in [3.8, 4) is 0 Å². The second-order valence-electron chi connectivity index (χ2n) is 3.72. The summed E-state index contributed by atoms with van der Waals surface area (Å²) in [5.74, 6) is 0. The smallest absolute Gasteiger partial charge is 0.146 e. The van der Waals surface area contributed by atoms with Crippen molar-refractivity contribution in [2.75, 3.05) is 6.61 Å². The van der Waals surface area contributed by atoms with Crippen LogP contribution in [0.15, 0.2) is 38.0 Å². The molecule has 0 saturated carbocycles. The predicted octanol–water partition coefficient (Wildman–Crippen LogP) is 2.16. The predicted molar refractivity (Wildman–Crippen MR) is 73.6 cm³/mol. The molecule has 92 valence electrons. The van der Waals surface area contributed by atoms with Crippen LogP contribution >= 0.6 is 0 Å². The van der Waals surface area contributed by atoms with Crippen molar-refractivity contribution in [3.63, 3.8) is 0 Å². The summed E-state index contributed by atoms with van der Waals surface area (Å²) >= 11 is 0. The molecule has 0 aromatic carbocycles. The van der Waals surface area contributed by atoms with E-state index in [0.29, 0.717) is 17.1 Å². The van der Waals surface area contributed by atoms with E-state index in [2.05, 4.69) is 19.7 Å². The lowest BCUT2D eigenvalue weighted by Gasteiger charge is -2.38. The van der Waals surface area contributed by atoms with Crippen molar-refractivity contribution in [2.24, 2.45) is 0 Å². The third kappa shape index (κ3) is 4.08. The fourth-order valence-corrected chi connectivity index (χ4v) is 2.52. The normalized spacial score (nSPS) is 13.3. The zero-order chi connectivity index (χ0) is 12.4. The average molecular weight is 240 g/mol. The lowest BCUT2D eigenvalue weighted by Crippen LogP contribution is -2.45. The van der Waals surface area contributed by atoms with Crippen LogP contribution in [0.25, 0.3) is 0 Å². The van der Waals surface area contributed by atoms with E-state index >= 15 is 0 Å². The maximum Gasteiger partial charge on any atom is 0.146 e. The summed E-state index contributed by atoms with van der Waals surface area (Å²) < 4.78 is 11.6. The second-order valence-corrected chi connectivity index (χ2v) is 4.13. The Hall–Kier alpha value is -0.643. The minimum atomic E-state index is -0.306. The summed E-state index contributed by atoms with van der Waals surface area (Å²) in [7, 11) is 0.677. The van der Waals surface area contributed by atoms with Gasteiger partial charge in [-0.3, -0.25) is 0 Å². The molecule has 1 unspecified atom stereocenters. The van der Waals surface area contributed by atoms with Gasteiger partial charge in [-0.15, -0.1) is 19.7 Å². The standard InChI is InChI=1S/C13H24O2Si/c1-5-9-12(14-8-4)13(15-16,10-6-2)11-7-3/h5-7,12H,1-3,8-11H2,4,16H3. The van der Waals surface area contributed by atoms with Gasteiger partial charge in [-0.05, 0) is 26.2 Å². The molecular weight excluding hydrogens is 216 g/mol. The van der Waals surface area contributed by atoms with Gasteiger partial charge in [-0.1, -0.05) is 18.2 Å². The second kappa shape index (κ2) is 8.50. The lowest BCUT2D eigenvalue weighted by molar-refractivity contribution is -0.0822. The molecule has 0 amide bonds. The molecule has 0 bridgehead atoms. The van der Waals surface area contributed by atoms with E-state index in [-0.39, 0.29) is 11.7 Å². The van der Waals surface area contributed by atoms with Crippen molar-refractivity contribution in [2.45, 2.75) is 37.9 Å². The van der Waals surface area contributed by atoms with E-state index in [1.165, 1.54) is 0 Å². The van der Waals surface area contributed by atoms with Crippen molar-refractivity contribution in [1.82, 2.24) is 0 Å². The molecule has 2 nitrogen and oxygen atoms in total. The Bertz CT molecular complexity index is 216. The van der Waals surface area contributed by atoms with E-state index in [4.69, 9.17) is 9.16 Å². The zero-order valence-corrected chi connectivity index (χ0v) is 12.6. The maximum absolute atomic E-state index is 5.81. The number of hydrogen-bond donors (Lipinski definition) is 0. The molecule has 0 rings (SSSR count). The van der Waals surface area contributed by atoms with Crippen LogP contribution < -0.4 is 0 Å². The molecule has 1 atom stereocenters. The zero-order valence-electron chi connectivity index (χ0n) is 10.6. The highest BCUT2D eigenvalue weighted by molar-refractivity contribution is 5.98. The average Bonchev–Trinajstić information content (AvgIpc) is 2.28. The van der Waals surface area contributed by atoms with Gasteiger partial charge in [0.05, 0.1) is 11.7 Å². The molecule has 0 aromatic rings. The minimum Gasteiger partial charge on any atom is -0.419 e. The van der Waals surface area contributed by atoms with Crippen LogP contribution in [-0.2, 0) is 9.16 Å². The van der Waals surface area contributed by atoms with Gasteiger partial charge in [-0.2, -0.15) is 0 Å². The first-order valence-electron chi connectivity index (χ1n) is 5.70. The summed E-state index contributed by atoms with van der Waals surface area (Å²) in [4.78, 5) is 0. The Morgan fingerprint density at radius 1 is 1.19 bits per heavy atom. The Kier molecular flexibility index (Phi) is 8.16. The number of ether oxygens (including phenoxy) is 1. The van der Waals surface area contributed by atoms with E-state index in [1.54, 1.807) is 0 Å². The molecule has 0 radical (unpaired) electrons. The Morgan fingerprint density at radius 2 is 1.75 bits per heavy atom. The highest BCUT2D eigenvalue weighted by Gasteiger charge is 2.36. The van der Waals surface area contributed by atoms with Crippen LogP contribution in [0.2, 0.25) is 0 Å². The third-order valence-electron chi connectivity index (χ3n) is 2.72. The van der Waals surface area contributed by atoms with Gasteiger partial charge in [0.1, 0.15) is 10.5 Å². The van der Waals surface area contributed by atoms with Gasteiger partial charge in [0.2, 0.25) is 0 Å². The molecular formula is C13H24O2Si. The van der Waals surface area contributed by atoms with Crippen LogP contribution in [0.3, 0.4) is 0 Å². The molecule has 0 heterocycles. The van der Waals surface area contributed by atoms with Crippen LogP contribution in [0, 0.1) is 0 Å². The van der Waals surface area contributed by atoms with Crippen molar-refractivity contribution < 1.29 is 9.16 Å². The monoisotopic (exact) mass is 240 g/mol. The highest BCUT2D eigenvalue weighted by atomic mass is 28.2. The molecule has 0 aliphatic rings. The molecule has 0 fully saturated rings. The van der Waals surface area contributed by atoms with Crippen molar-refractivity contribution >= 4 is 10.5 Å². The SMILES string of the molecule is C=CCC(OCC)C(CC=C)(CC=C)O[SiH3]. The van der Waals surface area contributed by atoms with Gasteiger partial charge in [0.15, 0.2) is 0 Å². The molecule has 16 heavy (non-hydrogen) atoms. The summed E-state index contributed by atoms with van der Waals surface area (Å²) in [5, 5.41) is 0. The van der Waals surface area contributed by atoms with Crippen molar-refractivity contribution in [3.05, 3.63) is 38.0 Å². The summed E-state index contributed by atoms with van der Waals surface area (Å²) in [6.45, 7) is 14.0. The number of hydrogen-bond acceptors (Lipinski definition) is 2. The summed E-state index contributed by atoms with van der Waals surface area (Å²) in [6.07, 6.45) is 8.03. The molecule has 0 spiro atoms. The molecule has 0 N–H and O–H groups in total. The summed E-state index contributed by atoms with van der Waals surface area (Å²) in [5.41, 5.74) is -0.306. The quantitative estimate of drug-likeness (QED) is 0.430. The van der Waals surface area contributed by atoms with Crippen LogP contribution in [0.4, 0.5) is 0 Å². The largest absolute Gasteiger partial charge is 0.419 e. The topological polar surface area (TPSA) is 18.5 Å². The Labute approximate surface area is 103 Å². The Balaban J connectivity index is 4.94. The number of rotatable bonds is 10. The molecule has 0 saturated heterocycles. The van der Waals surface area contributed by atoms with Crippen LogP contribution in [0.5, 0.6) is 0 Å². The van der Waals surface area contributed by atoms with Gasteiger partial charge in [0, 0.05) is 6.61 Å². The highest BCUT2D eigenvalue weighted by Crippen LogP contribution is 2.29. The van der Waals surface area contributed by atoms with E-state index in [0.717, 1.165) is 19.3 Å². The first kappa shape index (κ1) is 15.4. The van der Waals surface area contributed by atoms with E-state index in [1.807, 2.05) is 25.2 Å². The molecule has 3 heteroatoms. The first-order chi connectivity index (χ1) is 7.70. The Morgan fingerprint density at radius 3 is 2.06 bits per heavy atom. The fraction of sp³-hybridized carbons (Fsp3) is 0.538. The molecule has 0 aromatic heterocycles. The molecule has 0 aliphatic heterocycles. The van der Waals surface area contributed by atoms with Gasteiger partial charge in [0.25, 0.3) is 0 Å². The fourth-order valence-electron chi connectivity index (χ4n) is 1.92. The van der Waals surface area contributed by atoms with Gasteiger partial charge < -0.3 is 9.16 Å². The summed E-state index contributed by atoms with van der Waals surface area (Å²) in [6, 6.07) is 0. The lowest BCUT2D eigenvalue weighted by atomic mass is 9.87. The third-order valence-corrected chi connectivity index (χ3v) is 3.53. The van der Waals surface area contributed by atoms with E-state index in [9.17, 15) is 0 Å². The van der Waals surface area contributed by atoms with Gasteiger partial charge in [-0.25, -0.2) is 0 Å². The minimum absolute atomic E-state index is 0.0310. The van der Waals surface area contributed by atoms with Crippen molar-refractivity contribution in [1.29, 1.82) is 0 Å². The van der Waals surface area contributed by atoms with Gasteiger partial charge >= 0.3 is 0 Å². The van der Waals surface area contributed by atoms with Crippen LogP contribution in [0.1, 0.15) is 26.2 Å². The van der Waals surface area contributed by atoms with E-state index < -0.39 is 0 Å². The molecule has 0 aliphatic carbocycles. The van der Waals surface area contributed by atoms with Crippen LogP contribution in [-0.4, -0.2) is 28.8 Å². The maximum atomic E-state index is 5.81. The first-order valence-corrected chi connectivity index (χ1v) is 6.51.